The summed E-state index contributed by atoms with van der Waals surface area (Å²) in [6, 6.07) is 14.6. The highest BCUT2D eigenvalue weighted by Gasteiger charge is 2.33. The van der Waals surface area contributed by atoms with Crippen molar-refractivity contribution in [3.05, 3.63) is 77.8 Å². The molecule has 1 aliphatic heterocycles. The largest absolute Gasteiger partial charge is 0.435 e. The lowest BCUT2D eigenvalue weighted by molar-refractivity contribution is -0.113. The molecular formula is C20H17F2N5O2. The van der Waals surface area contributed by atoms with Gasteiger partial charge in [-0.15, -0.1) is 0 Å². The Bertz CT molecular complexity index is 1050. The molecular weight excluding hydrogens is 380 g/mol. The Morgan fingerprint density at radius 1 is 1.17 bits per heavy atom. The first kappa shape index (κ1) is 18.6. The fraction of sp³-hybridized carbons (Fsp3) is 0.150. The van der Waals surface area contributed by atoms with Crippen LogP contribution < -0.4 is 15.4 Å². The van der Waals surface area contributed by atoms with Gasteiger partial charge in [-0.05, 0) is 36.8 Å². The molecule has 1 aromatic heterocycles. The number of anilines is 2. The normalized spacial score (nSPS) is 15.7. The Labute approximate surface area is 165 Å². The topological polar surface area (TPSA) is 81.1 Å². The van der Waals surface area contributed by atoms with Crippen LogP contribution in [0.3, 0.4) is 0 Å². The highest BCUT2D eigenvalue weighted by molar-refractivity contribution is 6.06. The van der Waals surface area contributed by atoms with Gasteiger partial charge in [0.2, 0.25) is 5.95 Å². The third kappa shape index (κ3) is 3.79. The third-order valence-corrected chi connectivity index (χ3v) is 4.49. The van der Waals surface area contributed by atoms with Gasteiger partial charge in [-0.25, -0.2) is 4.68 Å². The van der Waals surface area contributed by atoms with Crippen molar-refractivity contribution in [3.8, 4) is 5.75 Å². The summed E-state index contributed by atoms with van der Waals surface area (Å²) in [6.45, 7) is -1.13. The van der Waals surface area contributed by atoms with Crippen LogP contribution in [0.25, 0.3) is 0 Å². The summed E-state index contributed by atoms with van der Waals surface area (Å²) in [5.41, 5.74) is 2.39. The molecule has 148 valence electrons. The van der Waals surface area contributed by atoms with Crippen LogP contribution in [0.2, 0.25) is 0 Å². The van der Waals surface area contributed by atoms with Crippen LogP contribution in [0.1, 0.15) is 18.5 Å². The number of halogens is 2. The molecule has 0 saturated carbocycles. The summed E-state index contributed by atoms with van der Waals surface area (Å²) in [6.07, 6.45) is 1.38. The summed E-state index contributed by atoms with van der Waals surface area (Å²) in [7, 11) is 0. The van der Waals surface area contributed by atoms with E-state index < -0.39 is 12.7 Å². The van der Waals surface area contributed by atoms with Gasteiger partial charge < -0.3 is 15.4 Å². The molecule has 0 aliphatic carbocycles. The number of fused-ring (bicyclic) bond motifs is 1. The summed E-state index contributed by atoms with van der Waals surface area (Å²) in [5, 5.41) is 10.2. The van der Waals surface area contributed by atoms with Gasteiger partial charge in [-0.1, -0.05) is 30.3 Å². The van der Waals surface area contributed by atoms with Gasteiger partial charge in [-0.3, -0.25) is 4.79 Å². The Kier molecular flexibility index (Phi) is 4.94. The molecule has 29 heavy (non-hydrogen) atoms. The molecule has 2 aromatic carbocycles. The fourth-order valence-electron chi connectivity index (χ4n) is 3.24. The van der Waals surface area contributed by atoms with Crippen LogP contribution >= 0.6 is 0 Å². The van der Waals surface area contributed by atoms with E-state index in [0.717, 1.165) is 0 Å². The summed E-state index contributed by atoms with van der Waals surface area (Å²) in [4.78, 5) is 17.3. The maximum absolute atomic E-state index is 13.1. The number of amides is 1. The molecule has 2 N–H and O–H groups in total. The maximum atomic E-state index is 13.1. The zero-order chi connectivity index (χ0) is 20.4. The van der Waals surface area contributed by atoms with Crippen LogP contribution in [0.5, 0.6) is 5.75 Å². The first-order valence-corrected chi connectivity index (χ1v) is 8.81. The van der Waals surface area contributed by atoms with Gasteiger partial charge in [0.05, 0.1) is 5.57 Å². The standard InChI is InChI=1S/C20H17F2N5O2/c1-12-16(18(28)26-14-5-3-2-4-6-14)17(27-20(25-12)23-11-24-27)13-7-9-15(10-8-13)29-19(21)22/h2-11,17,19H,1H3,(H,26,28)(H,23,24,25). The van der Waals surface area contributed by atoms with Gasteiger partial charge in [0.25, 0.3) is 5.91 Å². The number of hydrogen-bond acceptors (Lipinski definition) is 5. The second kappa shape index (κ2) is 7.70. The van der Waals surface area contributed by atoms with Gasteiger partial charge in [0.15, 0.2) is 0 Å². The van der Waals surface area contributed by atoms with Crippen molar-refractivity contribution in [2.45, 2.75) is 19.6 Å². The van der Waals surface area contributed by atoms with Gasteiger partial charge in [0.1, 0.15) is 18.1 Å². The van der Waals surface area contributed by atoms with Gasteiger partial charge in [-0.2, -0.15) is 18.9 Å². The van der Waals surface area contributed by atoms with E-state index in [0.29, 0.717) is 28.5 Å². The smallest absolute Gasteiger partial charge is 0.387 e. The average Bonchev–Trinajstić information content (AvgIpc) is 3.16. The maximum Gasteiger partial charge on any atom is 0.387 e. The molecule has 0 fully saturated rings. The van der Waals surface area contributed by atoms with Gasteiger partial charge >= 0.3 is 6.61 Å². The molecule has 1 unspecified atom stereocenters. The molecule has 0 saturated heterocycles. The zero-order valence-corrected chi connectivity index (χ0v) is 15.3. The summed E-state index contributed by atoms with van der Waals surface area (Å²) in [5.74, 6) is 0.212. The quantitative estimate of drug-likeness (QED) is 0.684. The molecule has 0 bridgehead atoms. The molecule has 7 nitrogen and oxygen atoms in total. The number of allylic oxidation sites excluding steroid dienone is 1. The van der Waals surface area contributed by atoms with E-state index in [2.05, 4.69) is 25.5 Å². The highest BCUT2D eigenvalue weighted by atomic mass is 19.3. The SMILES string of the molecule is CC1=C(C(=O)Nc2ccccc2)C(c2ccc(OC(F)F)cc2)n2ncnc2N1. The Morgan fingerprint density at radius 3 is 2.59 bits per heavy atom. The van der Waals surface area contributed by atoms with Crippen LogP contribution in [-0.4, -0.2) is 27.3 Å². The van der Waals surface area contributed by atoms with Crippen LogP contribution in [0.4, 0.5) is 20.4 Å². The summed E-state index contributed by atoms with van der Waals surface area (Å²) < 4.78 is 30.9. The Hall–Kier alpha value is -3.75. The number of hydrogen-bond donors (Lipinski definition) is 2. The Balaban J connectivity index is 1.71. The fourth-order valence-corrected chi connectivity index (χ4v) is 3.24. The number of carbonyl (C=O) groups excluding carboxylic acids is 1. The molecule has 1 atom stereocenters. The lowest BCUT2D eigenvalue weighted by Crippen LogP contribution is -2.31. The van der Waals surface area contributed by atoms with E-state index in [4.69, 9.17) is 0 Å². The predicted octanol–water partition coefficient (Wildman–Crippen LogP) is 3.81. The minimum absolute atomic E-state index is 0.0347. The predicted molar refractivity (Wildman–Crippen MR) is 103 cm³/mol. The van der Waals surface area contributed by atoms with E-state index in [1.807, 2.05) is 18.2 Å². The van der Waals surface area contributed by atoms with Crippen molar-refractivity contribution in [1.29, 1.82) is 0 Å². The first-order chi connectivity index (χ1) is 14.0. The minimum Gasteiger partial charge on any atom is -0.435 e. The molecule has 9 heteroatoms. The van der Waals surface area contributed by atoms with Crippen molar-refractivity contribution < 1.29 is 18.3 Å². The highest BCUT2D eigenvalue weighted by Crippen LogP contribution is 2.35. The number of alkyl halides is 2. The van der Waals surface area contributed by atoms with E-state index in [-0.39, 0.29) is 11.7 Å². The monoisotopic (exact) mass is 397 g/mol. The number of rotatable bonds is 5. The average molecular weight is 397 g/mol. The van der Waals surface area contributed by atoms with Crippen molar-refractivity contribution in [1.82, 2.24) is 14.8 Å². The lowest BCUT2D eigenvalue weighted by Gasteiger charge is -2.28. The molecule has 1 amide bonds. The number of nitrogens with one attached hydrogen (secondary N) is 2. The zero-order valence-electron chi connectivity index (χ0n) is 15.3. The van der Waals surface area contributed by atoms with Crippen LogP contribution in [-0.2, 0) is 4.79 Å². The van der Waals surface area contributed by atoms with Crippen molar-refractivity contribution >= 4 is 17.5 Å². The molecule has 4 rings (SSSR count). The Morgan fingerprint density at radius 2 is 1.90 bits per heavy atom. The number of para-hydroxylation sites is 1. The van der Waals surface area contributed by atoms with Gasteiger partial charge in [0, 0.05) is 11.4 Å². The van der Waals surface area contributed by atoms with Crippen molar-refractivity contribution in [2.75, 3.05) is 10.6 Å². The van der Waals surface area contributed by atoms with E-state index in [1.54, 1.807) is 35.9 Å². The number of nitrogens with zero attached hydrogens (tertiary/aromatic N) is 3. The number of benzene rings is 2. The molecule has 1 aliphatic rings. The second-order valence-electron chi connectivity index (χ2n) is 6.36. The molecule has 0 spiro atoms. The molecule has 3 aromatic rings. The van der Waals surface area contributed by atoms with E-state index in [9.17, 15) is 13.6 Å². The second-order valence-corrected chi connectivity index (χ2v) is 6.36. The van der Waals surface area contributed by atoms with Crippen LogP contribution in [0.15, 0.2) is 72.2 Å². The lowest BCUT2D eigenvalue weighted by atomic mass is 9.95. The number of aromatic nitrogens is 3. The first-order valence-electron chi connectivity index (χ1n) is 8.81. The van der Waals surface area contributed by atoms with Crippen molar-refractivity contribution in [2.24, 2.45) is 0 Å². The molecule has 0 radical (unpaired) electrons. The number of ether oxygens (including phenoxy) is 1. The summed E-state index contributed by atoms with van der Waals surface area (Å²) >= 11 is 0. The van der Waals surface area contributed by atoms with E-state index in [1.165, 1.54) is 18.5 Å². The number of carbonyl (C=O) groups is 1. The van der Waals surface area contributed by atoms with Crippen molar-refractivity contribution in [3.63, 3.8) is 0 Å². The minimum atomic E-state index is -2.91. The van der Waals surface area contributed by atoms with Crippen LogP contribution in [0, 0.1) is 0 Å². The van der Waals surface area contributed by atoms with E-state index >= 15 is 0 Å². The molecule has 2 heterocycles. The third-order valence-electron chi connectivity index (χ3n) is 4.49.